The molecule has 1 N–H and O–H groups in total. The van der Waals surface area contributed by atoms with Crippen molar-refractivity contribution >= 4 is 29.6 Å². The van der Waals surface area contributed by atoms with Crippen LogP contribution in [0.2, 0.25) is 0 Å². The Balaban J connectivity index is 1.72. The van der Waals surface area contributed by atoms with E-state index in [0.29, 0.717) is 18.1 Å². The second kappa shape index (κ2) is 7.14. The van der Waals surface area contributed by atoms with E-state index in [0.717, 1.165) is 0 Å². The van der Waals surface area contributed by atoms with Crippen LogP contribution < -0.4 is 5.32 Å². The smallest absolute Gasteiger partial charge is 0.320 e. The number of aromatic nitrogens is 3. The minimum Gasteiger partial charge on any atom is -0.320 e. The van der Waals surface area contributed by atoms with E-state index >= 15 is 0 Å². The fourth-order valence-corrected chi connectivity index (χ4v) is 2.96. The Bertz CT molecular complexity index is 819. The number of hydrogen-bond donors (Lipinski definition) is 1. The summed E-state index contributed by atoms with van der Waals surface area (Å²) in [6.07, 6.45) is 5.33. The van der Waals surface area contributed by atoms with Gasteiger partial charge in [-0.15, -0.1) is 10.2 Å². The van der Waals surface area contributed by atoms with E-state index in [2.05, 4.69) is 20.5 Å². The highest BCUT2D eigenvalue weighted by molar-refractivity contribution is 8.00. The van der Waals surface area contributed by atoms with Crippen molar-refractivity contribution in [2.45, 2.75) is 16.3 Å². The number of halogens is 2. The number of amides is 1. The molecule has 6 nitrogen and oxygen atoms in total. The van der Waals surface area contributed by atoms with Crippen molar-refractivity contribution in [3.63, 3.8) is 0 Å². The van der Waals surface area contributed by atoms with Crippen LogP contribution in [0.25, 0.3) is 0 Å². The highest BCUT2D eigenvalue weighted by Crippen LogP contribution is 2.36. The van der Waals surface area contributed by atoms with Gasteiger partial charge in [-0.1, -0.05) is 24.3 Å². The van der Waals surface area contributed by atoms with Crippen molar-refractivity contribution in [3.05, 3.63) is 48.3 Å². The molecule has 0 saturated heterocycles. The van der Waals surface area contributed by atoms with Crippen LogP contribution in [0.1, 0.15) is 11.7 Å². The van der Waals surface area contributed by atoms with Crippen LogP contribution in [0.15, 0.2) is 52.6 Å². The lowest BCUT2D eigenvalue weighted by atomic mass is 10.1. The van der Waals surface area contributed by atoms with Gasteiger partial charge in [0.2, 0.25) is 0 Å². The number of nitrogens with zero attached hydrogens (tertiary/aromatic N) is 4. The summed E-state index contributed by atoms with van der Waals surface area (Å²) in [5, 5.41) is 6.24. The molecule has 1 unspecified atom stereocenters. The number of para-hydroxylation sites is 1. The quantitative estimate of drug-likeness (QED) is 0.829. The van der Waals surface area contributed by atoms with Crippen LogP contribution >= 0.6 is 11.8 Å². The van der Waals surface area contributed by atoms with Crippen LogP contribution in [-0.2, 0) is 11.8 Å². The van der Waals surface area contributed by atoms with E-state index in [9.17, 15) is 13.6 Å². The SMILES string of the molecule is Cn1c(SC(F)(F)C(=O)Nc2ccccc2)nnc1C1C=CC=NC1. The first-order valence-electron chi connectivity index (χ1n) is 7.46. The summed E-state index contributed by atoms with van der Waals surface area (Å²) in [4.78, 5) is 16.0. The molecule has 0 saturated carbocycles. The Morgan fingerprint density at radius 1 is 1.32 bits per heavy atom. The lowest BCUT2D eigenvalue weighted by Gasteiger charge is -2.16. The number of hydrogen-bond acceptors (Lipinski definition) is 5. The maximum atomic E-state index is 14.3. The van der Waals surface area contributed by atoms with Crippen LogP contribution in [0, 0.1) is 0 Å². The molecule has 9 heteroatoms. The van der Waals surface area contributed by atoms with Gasteiger partial charge in [0.15, 0.2) is 5.16 Å². The van der Waals surface area contributed by atoms with Crippen molar-refractivity contribution in [3.8, 4) is 0 Å². The fourth-order valence-electron chi connectivity index (χ4n) is 2.27. The second-order valence-electron chi connectivity index (χ2n) is 5.34. The van der Waals surface area contributed by atoms with Gasteiger partial charge in [0.05, 0.1) is 12.5 Å². The Morgan fingerprint density at radius 3 is 2.76 bits per heavy atom. The number of carbonyl (C=O) groups is 1. The molecule has 0 radical (unpaired) electrons. The molecule has 25 heavy (non-hydrogen) atoms. The third kappa shape index (κ3) is 3.93. The van der Waals surface area contributed by atoms with Crippen LogP contribution in [0.4, 0.5) is 14.5 Å². The molecule has 1 atom stereocenters. The number of allylic oxidation sites excluding steroid dienone is 1. The number of carbonyl (C=O) groups excluding carboxylic acids is 1. The number of benzene rings is 1. The standard InChI is InChI=1S/C16H15F2N5OS/c1-23-13(11-6-5-9-19-10-11)21-22-15(23)25-16(17,18)14(24)20-12-7-3-2-4-8-12/h2-9,11H,10H2,1H3,(H,20,24). The van der Waals surface area contributed by atoms with E-state index in [-0.39, 0.29) is 22.8 Å². The molecule has 3 rings (SSSR count). The number of anilines is 1. The van der Waals surface area contributed by atoms with Gasteiger partial charge in [-0.05, 0) is 30.0 Å². The number of rotatable bonds is 5. The molecule has 0 spiro atoms. The van der Waals surface area contributed by atoms with Crippen molar-refractivity contribution in [1.29, 1.82) is 0 Å². The molecule has 0 aliphatic carbocycles. The first-order valence-corrected chi connectivity index (χ1v) is 8.28. The van der Waals surface area contributed by atoms with E-state index in [4.69, 9.17) is 0 Å². The summed E-state index contributed by atoms with van der Waals surface area (Å²) in [5.41, 5.74) is 0.302. The molecule has 0 bridgehead atoms. The number of dihydropyridines is 1. The highest BCUT2D eigenvalue weighted by Gasteiger charge is 2.42. The van der Waals surface area contributed by atoms with Crippen molar-refractivity contribution in [2.24, 2.45) is 12.0 Å². The van der Waals surface area contributed by atoms with E-state index < -0.39 is 11.2 Å². The Morgan fingerprint density at radius 2 is 2.08 bits per heavy atom. The second-order valence-corrected chi connectivity index (χ2v) is 6.43. The maximum absolute atomic E-state index is 14.3. The summed E-state index contributed by atoms with van der Waals surface area (Å²) >= 11 is 0.0661. The average molecular weight is 363 g/mol. The largest absolute Gasteiger partial charge is 0.378 e. The Labute approximate surface area is 147 Å². The zero-order valence-corrected chi connectivity index (χ0v) is 14.1. The van der Waals surface area contributed by atoms with Gasteiger partial charge >= 0.3 is 11.2 Å². The van der Waals surface area contributed by atoms with Crippen LogP contribution in [-0.4, -0.2) is 38.7 Å². The fraction of sp³-hybridized carbons (Fsp3) is 0.250. The lowest BCUT2D eigenvalue weighted by Crippen LogP contribution is -2.31. The number of alkyl halides is 2. The first kappa shape index (κ1) is 17.3. The van der Waals surface area contributed by atoms with Gasteiger partial charge in [0.25, 0.3) is 0 Å². The van der Waals surface area contributed by atoms with Crippen LogP contribution in [0.3, 0.4) is 0 Å². The molecule has 1 aliphatic heterocycles. The summed E-state index contributed by atoms with van der Waals surface area (Å²) in [6, 6.07) is 8.10. The summed E-state index contributed by atoms with van der Waals surface area (Å²) in [7, 11) is 1.59. The number of thioether (sulfide) groups is 1. The third-order valence-electron chi connectivity index (χ3n) is 3.55. The molecule has 1 aromatic carbocycles. The normalized spacial score (nSPS) is 16.8. The molecular formula is C16H15F2N5OS. The number of aliphatic imine (C=N–C) groups is 1. The zero-order chi connectivity index (χ0) is 17.9. The van der Waals surface area contributed by atoms with Gasteiger partial charge in [0.1, 0.15) is 5.82 Å². The number of nitrogens with one attached hydrogen (secondary N) is 1. The molecule has 0 fully saturated rings. The van der Waals surface area contributed by atoms with E-state index in [1.165, 1.54) is 16.7 Å². The van der Waals surface area contributed by atoms with Gasteiger partial charge in [-0.3, -0.25) is 9.79 Å². The predicted molar refractivity (Wildman–Crippen MR) is 92.1 cm³/mol. The zero-order valence-electron chi connectivity index (χ0n) is 13.3. The third-order valence-corrected chi connectivity index (χ3v) is 4.53. The van der Waals surface area contributed by atoms with Gasteiger partial charge in [-0.2, -0.15) is 8.78 Å². The van der Waals surface area contributed by atoms with Gasteiger partial charge < -0.3 is 9.88 Å². The van der Waals surface area contributed by atoms with Gasteiger partial charge in [0, 0.05) is 18.9 Å². The van der Waals surface area contributed by atoms with Crippen LogP contribution in [0.5, 0.6) is 0 Å². The molecule has 2 aromatic rings. The minimum atomic E-state index is -3.69. The summed E-state index contributed by atoms with van der Waals surface area (Å²) in [6.45, 7) is 0.484. The lowest BCUT2D eigenvalue weighted by molar-refractivity contribution is -0.129. The maximum Gasteiger partial charge on any atom is 0.378 e. The highest BCUT2D eigenvalue weighted by atomic mass is 32.2. The topological polar surface area (TPSA) is 72.2 Å². The van der Waals surface area contributed by atoms with Crippen molar-refractivity contribution in [1.82, 2.24) is 14.8 Å². The molecule has 1 aliphatic rings. The average Bonchev–Trinajstić information content (AvgIpc) is 2.96. The molecular weight excluding hydrogens is 348 g/mol. The van der Waals surface area contributed by atoms with Crippen molar-refractivity contribution < 1.29 is 13.6 Å². The summed E-state index contributed by atoms with van der Waals surface area (Å²) < 4.78 is 30.0. The molecule has 1 aromatic heterocycles. The molecule has 2 heterocycles. The Kier molecular flexibility index (Phi) is 4.93. The minimum absolute atomic E-state index is 0.0360. The summed E-state index contributed by atoms with van der Waals surface area (Å²) in [5.74, 6) is -1.01. The Hall–Kier alpha value is -2.55. The predicted octanol–water partition coefficient (Wildman–Crippen LogP) is 2.86. The first-order chi connectivity index (χ1) is 12.0. The monoisotopic (exact) mass is 363 g/mol. The van der Waals surface area contributed by atoms with E-state index in [1.54, 1.807) is 37.5 Å². The van der Waals surface area contributed by atoms with Gasteiger partial charge in [-0.25, -0.2) is 0 Å². The molecule has 130 valence electrons. The van der Waals surface area contributed by atoms with Crippen molar-refractivity contribution in [2.75, 3.05) is 11.9 Å². The molecule has 1 amide bonds. The van der Waals surface area contributed by atoms with E-state index in [1.807, 2.05) is 6.08 Å².